The lowest BCUT2D eigenvalue weighted by Crippen LogP contribution is -2.44. The van der Waals surface area contributed by atoms with E-state index in [4.69, 9.17) is 0 Å². The third-order valence-electron chi connectivity index (χ3n) is 3.90. The zero-order valence-corrected chi connectivity index (χ0v) is 12.0. The average Bonchev–Trinajstić information content (AvgIpc) is 2.77. The van der Waals surface area contributed by atoms with Crippen LogP contribution < -0.4 is 10.2 Å². The van der Waals surface area contributed by atoms with Crippen LogP contribution in [0, 0.1) is 11.3 Å². The van der Waals surface area contributed by atoms with E-state index in [1.165, 1.54) is 0 Å². The molecule has 0 saturated carbocycles. The van der Waals surface area contributed by atoms with E-state index in [2.05, 4.69) is 53.1 Å². The number of aromatic nitrogens is 3. The van der Waals surface area contributed by atoms with Crippen molar-refractivity contribution in [2.24, 2.45) is 11.3 Å². The van der Waals surface area contributed by atoms with E-state index in [9.17, 15) is 0 Å². The van der Waals surface area contributed by atoms with Gasteiger partial charge in [-0.15, -0.1) is 5.10 Å². The second-order valence-corrected chi connectivity index (χ2v) is 6.29. The molecule has 18 heavy (non-hydrogen) atoms. The van der Waals surface area contributed by atoms with E-state index in [0.29, 0.717) is 11.3 Å². The Hall–Kier alpha value is -1.10. The molecule has 2 N–H and O–H groups in total. The fraction of sp³-hybridized carbons (Fsp3) is 0.846. The van der Waals surface area contributed by atoms with Gasteiger partial charge in [0.1, 0.15) is 5.82 Å². The Bertz CT molecular complexity index is 373. The maximum absolute atomic E-state index is 4.62. The molecule has 0 amide bonds. The molecule has 0 aromatic carbocycles. The quantitative estimate of drug-likeness (QED) is 0.853. The van der Waals surface area contributed by atoms with Crippen molar-refractivity contribution < 1.29 is 0 Å². The molecule has 102 valence electrons. The van der Waals surface area contributed by atoms with Gasteiger partial charge in [-0.25, -0.2) is 0 Å². The first-order chi connectivity index (χ1) is 8.47. The highest BCUT2D eigenvalue weighted by Crippen LogP contribution is 2.27. The number of hydrogen-bond donors (Lipinski definition) is 2. The Morgan fingerprint density at radius 3 is 2.56 bits per heavy atom. The lowest BCUT2D eigenvalue weighted by Gasteiger charge is -2.26. The van der Waals surface area contributed by atoms with Crippen LogP contribution in [0.15, 0.2) is 0 Å². The number of nitrogens with one attached hydrogen (secondary N) is 2. The van der Waals surface area contributed by atoms with Crippen molar-refractivity contribution in [1.29, 1.82) is 0 Å². The molecular formula is C13H25N5. The summed E-state index contributed by atoms with van der Waals surface area (Å²) in [7, 11) is 0. The fourth-order valence-corrected chi connectivity index (χ4v) is 1.98. The molecule has 1 aromatic heterocycles. The van der Waals surface area contributed by atoms with Crippen LogP contribution in [0.5, 0.6) is 0 Å². The highest BCUT2D eigenvalue weighted by molar-refractivity contribution is 5.29. The van der Waals surface area contributed by atoms with E-state index in [0.717, 1.165) is 44.4 Å². The first-order valence-corrected chi connectivity index (χ1v) is 6.84. The molecule has 1 aromatic rings. The van der Waals surface area contributed by atoms with Crippen molar-refractivity contribution in [3.05, 3.63) is 5.82 Å². The number of aromatic amines is 1. The molecule has 1 aliphatic rings. The van der Waals surface area contributed by atoms with E-state index >= 15 is 0 Å². The Kier molecular flexibility index (Phi) is 3.90. The predicted molar refractivity (Wildman–Crippen MR) is 73.8 cm³/mol. The van der Waals surface area contributed by atoms with E-state index < -0.39 is 0 Å². The summed E-state index contributed by atoms with van der Waals surface area (Å²) in [4.78, 5) is 6.85. The van der Waals surface area contributed by atoms with Crippen LogP contribution in [-0.2, 0) is 6.42 Å². The third kappa shape index (κ3) is 3.22. The first-order valence-electron chi connectivity index (χ1n) is 6.84. The summed E-state index contributed by atoms with van der Waals surface area (Å²) in [6.07, 6.45) is 0.961. The summed E-state index contributed by atoms with van der Waals surface area (Å²) in [5.74, 6) is 2.44. The highest BCUT2D eigenvalue weighted by Gasteiger charge is 2.22. The molecule has 5 nitrogen and oxygen atoms in total. The minimum absolute atomic E-state index is 0.308. The third-order valence-corrected chi connectivity index (χ3v) is 3.90. The summed E-state index contributed by atoms with van der Waals surface area (Å²) in [6, 6.07) is 0. The van der Waals surface area contributed by atoms with Crippen molar-refractivity contribution >= 4 is 5.95 Å². The smallest absolute Gasteiger partial charge is 0.244 e. The zero-order valence-electron chi connectivity index (χ0n) is 12.0. The molecule has 1 aliphatic heterocycles. The number of piperazine rings is 1. The normalized spacial score (nSPS) is 19.0. The molecule has 2 rings (SSSR count). The SMILES string of the molecule is CC(Cc1nc(N2CCNCC2)n[nH]1)C(C)(C)C. The van der Waals surface area contributed by atoms with Crippen molar-refractivity contribution in [2.45, 2.75) is 34.1 Å². The van der Waals surface area contributed by atoms with Gasteiger partial charge in [0.05, 0.1) is 0 Å². The number of rotatable bonds is 3. The standard InChI is InChI=1S/C13H25N5/c1-10(13(2,3)4)9-11-15-12(17-16-11)18-7-5-14-6-8-18/h10,14H,5-9H2,1-4H3,(H,15,16,17). The average molecular weight is 251 g/mol. The molecule has 0 spiro atoms. The summed E-state index contributed by atoms with van der Waals surface area (Å²) in [6.45, 7) is 13.1. The molecule has 5 heteroatoms. The largest absolute Gasteiger partial charge is 0.337 e. The summed E-state index contributed by atoms with van der Waals surface area (Å²) in [5, 5.41) is 10.8. The van der Waals surface area contributed by atoms with Crippen molar-refractivity contribution in [2.75, 3.05) is 31.1 Å². The molecule has 1 fully saturated rings. The second-order valence-electron chi connectivity index (χ2n) is 6.29. The molecule has 1 unspecified atom stereocenters. The maximum atomic E-state index is 4.62. The van der Waals surface area contributed by atoms with Gasteiger partial charge in [0.15, 0.2) is 0 Å². The van der Waals surface area contributed by atoms with Crippen LogP contribution >= 0.6 is 0 Å². The highest BCUT2D eigenvalue weighted by atomic mass is 15.4. The van der Waals surface area contributed by atoms with E-state index in [1.807, 2.05) is 0 Å². The first kappa shape index (κ1) is 13.3. The van der Waals surface area contributed by atoms with Gasteiger partial charge in [0.25, 0.3) is 0 Å². The lowest BCUT2D eigenvalue weighted by molar-refractivity contribution is 0.257. The van der Waals surface area contributed by atoms with Crippen LogP contribution in [0.25, 0.3) is 0 Å². The van der Waals surface area contributed by atoms with Gasteiger partial charge in [-0.3, -0.25) is 5.10 Å². The monoisotopic (exact) mass is 251 g/mol. The van der Waals surface area contributed by atoms with Gasteiger partial charge >= 0.3 is 0 Å². The van der Waals surface area contributed by atoms with Gasteiger partial charge in [-0.2, -0.15) is 4.98 Å². The van der Waals surface area contributed by atoms with Gasteiger partial charge in [0, 0.05) is 32.6 Å². The van der Waals surface area contributed by atoms with Crippen LogP contribution in [0.1, 0.15) is 33.5 Å². The molecular weight excluding hydrogens is 226 g/mol. The van der Waals surface area contributed by atoms with Crippen molar-refractivity contribution in [3.63, 3.8) is 0 Å². The lowest BCUT2D eigenvalue weighted by atomic mass is 9.80. The van der Waals surface area contributed by atoms with Gasteiger partial charge < -0.3 is 10.2 Å². The maximum Gasteiger partial charge on any atom is 0.244 e. The minimum atomic E-state index is 0.308. The van der Waals surface area contributed by atoms with Gasteiger partial charge in [0.2, 0.25) is 5.95 Å². The number of H-pyrrole nitrogens is 1. The Morgan fingerprint density at radius 1 is 1.28 bits per heavy atom. The summed E-state index contributed by atoms with van der Waals surface area (Å²) < 4.78 is 0. The van der Waals surface area contributed by atoms with Crippen LogP contribution in [0.2, 0.25) is 0 Å². The molecule has 1 atom stereocenters. The Labute approximate surface area is 109 Å². The number of hydrogen-bond acceptors (Lipinski definition) is 4. The second kappa shape index (κ2) is 5.26. The van der Waals surface area contributed by atoms with Crippen LogP contribution in [-0.4, -0.2) is 41.4 Å². The van der Waals surface area contributed by atoms with E-state index in [1.54, 1.807) is 0 Å². The molecule has 0 radical (unpaired) electrons. The van der Waals surface area contributed by atoms with Gasteiger partial charge in [-0.1, -0.05) is 27.7 Å². The summed E-state index contributed by atoms with van der Waals surface area (Å²) >= 11 is 0. The predicted octanol–water partition coefficient (Wildman–Crippen LogP) is 1.44. The minimum Gasteiger partial charge on any atom is -0.337 e. The zero-order chi connectivity index (χ0) is 13.2. The fourth-order valence-electron chi connectivity index (χ4n) is 1.98. The van der Waals surface area contributed by atoms with Crippen LogP contribution in [0.3, 0.4) is 0 Å². The van der Waals surface area contributed by atoms with Crippen LogP contribution in [0.4, 0.5) is 5.95 Å². The van der Waals surface area contributed by atoms with Gasteiger partial charge in [-0.05, 0) is 11.3 Å². The van der Waals surface area contributed by atoms with Crippen molar-refractivity contribution in [3.8, 4) is 0 Å². The Morgan fingerprint density at radius 2 is 1.94 bits per heavy atom. The molecule has 0 bridgehead atoms. The molecule has 1 saturated heterocycles. The van der Waals surface area contributed by atoms with Crippen molar-refractivity contribution in [1.82, 2.24) is 20.5 Å². The topological polar surface area (TPSA) is 56.8 Å². The Balaban J connectivity index is 1.97. The molecule has 0 aliphatic carbocycles. The van der Waals surface area contributed by atoms with E-state index in [-0.39, 0.29) is 0 Å². The molecule has 2 heterocycles. The number of nitrogens with zero attached hydrogens (tertiary/aromatic N) is 3. The number of anilines is 1. The summed E-state index contributed by atoms with van der Waals surface area (Å²) in [5.41, 5.74) is 0.308.